The highest BCUT2D eigenvalue weighted by Gasteiger charge is 2.27. The van der Waals surface area contributed by atoms with Crippen LogP contribution in [0.5, 0.6) is 0 Å². The number of aromatic nitrogens is 5. The minimum absolute atomic E-state index is 0.0438. The molecule has 3 rings (SSSR count). The number of nitrogen functional groups attached to an aromatic ring is 2. The van der Waals surface area contributed by atoms with E-state index in [9.17, 15) is 10.2 Å². The Labute approximate surface area is 169 Å². The molecule has 0 amide bonds. The van der Waals surface area contributed by atoms with E-state index in [4.69, 9.17) is 11.5 Å². The van der Waals surface area contributed by atoms with Crippen molar-refractivity contribution in [3.63, 3.8) is 0 Å². The van der Waals surface area contributed by atoms with Crippen molar-refractivity contribution in [2.75, 3.05) is 11.5 Å². The first-order chi connectivity index (χ1) is 14.1. The maximum Gasteiger partial charge on any atom is 0.225 e. The third-order valence-corrected chi connectivity index (χ3v) is 4.80. The third-order valence-electron chi connectivity index (χ3n) is 4.80. The number of nitrogens with zero attached hydrogens (tertiary/aromatic N) is 5. The zero-order valence-electron chi connectivity index (χ0n) is 16.5. The summed E-state index contributed by atoms with van der Waals surface area (Å²) in [6.07, 6.45) is 3.70. The van der Waals surface area contributed by atoms with Crippen LogP contribution in [0, 0.1) is 0 Å². The molecule has 2 heterocycles. The molecule has 154 valence electrons. The molecule has 9 nitrogen and oxygen atoms in total. The van der Waals surface area contributed by atoms with Crippen molar-refractivity contribution in [1.82, 2.24) is 24.5 Å². The summed E-state index contributed by atoms with van der Waals surface area (Å²) in [6.45, 7) is 1.56. The van der Waals surface area contributed by atoms with E-state index >= 15 is 0 Å². The number of aliphatic hydroxyl groups excluding tert-OH is 2. The van der Waals surface area contributed by atoms with Crippen molar-refractivity contribution in [3.05, 3.63) is 47.5 Å². The van der Waals surface area contributed by atoms with Gasteiger partial charge in [0.25, 0.3) is 0 Å². The first-order valence-corrected chi connectivity index (χ1v) is 9.73. The van der Waals surface area contributed by atoms with E-state index in [2.05, 4.69) is 26.9 Å². The van der Waals surface area contributed by atoms with Gasteiger partial charge in [-0.15, -0.1) is 0 Å². The third kappa shape index (κ3) is 4.52. The van der Waals surface area contributed by atoms with Crippen molar-refractivity contribution in [1.29, 1.82) is 0 Å². The van der Waals surface area contributed by atoms with Gasteiger partial charge in [-0.2, -0.15) is 15.0 Å². The van der Waals surface area contributed by atoms with Gasteiger partial charge in [-0.25, -0.2) is 4.98 Å². The zero-order valence-corrected chi connectivity index (χ0v) is 16.5. The number of hydrogen-bond acceptors (Lipinski definition) is 8. The van der Waals surface area contributed by atoms with E-state index < -0.39 is 0 Å². The largest absolute Gasteiger partial charge is 0.390 e. The van der Waals surface area contributed by atoms with E-state index in [1.807, 2.05) is 34.9 Å². The van der Waals surface area contributed by atoms with Gasteiger partial charge >= 0.3 is 0 Å². The Morgan fingerprint density at radius 3 is 2.21 bits per heavy atom. The standard InChI is InChI=1S/C20H27N7O2/c1-2-3-5-10-15(17-24-19(21)26-20(22)25-17)27-16(12-29)14(11-28)23-18(27)13-8-6-4-7-9-13/h4,6-9,15,28-29H,2-3,5,10-12H2,1H3,(H4,21,22,24,25,26). The summed E-state index contributed by atoms with van der Waals surface area (Å²) in [7, 11) is 0. The fourth-order valence-corrected chi connectivity index (χ4v) is 3.47. The average Bonchev–Trinajstić information content (AvgIpc) is 3.09. The summed E-state index contributed by atoms with van der Waals surface area (Å²) in [5.74, 6) is 1.13. The van der Waals surface area contributed by atoms with Crippen LogP contribution >= 0.6 is 0 Å². The molecule has 1 atom stereocenters. The number of hydrogen-bond donors (Lipinski definition) is 4. The molecular formula is C20H27N7O2. The van der Waals surface area contributed by atoms with E-state index in [1.165, 1.54) is 0 Å². The molecule has 1 unspecified atom stereocenters. The molecule has 0 radical (unpaired) electrons. The van der Waals surface area contributed by atoms with Crippen LogP contribution in [0.3, 0.4) is 0 Å². The second-order valence-corrected chi connectivity index (χ2v) is 6.80. The number of nitrogens with two attached hydrogens (primary N) is 2. The quantitative estimate of drug-likeness (QED) is 0.401. The Kier molecular flexibility index (Phi) is 6.73. The van der Waals surface area contributed by atoms with E-state index in [1.54, 1.807) is 0 Å². The van der Waals surface area contributed by atoms with Gasteiger partial charge in [0.2, 0.25) is 11.9 Å². The van der Waals surface area contributed by atoms with Crippen LogP contribution in [0.4, 0.5) is 11.9 Å². The predicted molar refractivity (Wildman–Crippen MR) is 110 cm³/mol. The SMILES string of the molecule is CCCCCC(c1nc(N)nc(N)n1)n1c(-c2ccccc2)nc(CO)c1CO. The zero-order chi connectivity index (χ0) is 20.8. The van der Waals surface area contributed by atoms with Crippen LogP contribution in [-0.2, 0) is 13.2 Å². The fraction of sp³-hybridized carbons (Fsp3) is 0.400. The van der Waals surface area contributed by atoms with Crippen molar-refractivity contribution >= 4 is 11.9 Å². The van der Waals surface area contributed by atoms with E-state index in [0.717, 1.165) is 24.8 Å². The van der Waals surface area contributed by atoms with Gasteiger partial charge in [0, 0.05) is 5.56 Å². The summed E-state index contributed by atoms with van der Waals surface area (Å²) in [5.41, 5.74) is 13.4. The molecule has 0 aliphatic carbocycles. The first-order valence-electron chi connectivity index (χ1n) is 9.73. The van der Waals surface area contributed by atoms with Gasteiger partial charge in [0.15, 0.2) is 5.82 Å². The topological polar surface area (TPSA) is 149 Å². The Morgan fingerprint density at radius 2 is 1.62 bits per heavy atom. The summed E-state index contributed by atoms with van der Waals surface area (Å²) in [6, 6.07) is 9.25. The molecule has 0 saturated heterocycles. The normalized spacial score (nSPS) is 12.2. The fourth-order valence-electron chi connectivity index (χ4n) is 3.47. The molecular weight excluding hydrogens is 370 g/mol. The van der Waals surface area contributed by atoms with Crippen LogP contribution in [-0.4, -0.2) is 34.7 Å². The molecule has 29 heavy (non-hydrogen) atoms. The summed E-state index contributed by atoms with van der Waals surface area (Å²) >= 11 is 0. The molecule has 0 saturated carbocycles. The van der Waals surface area contributed by atoms with Crippen LogP contribution < -0.4 is 11.5 Å². The highest BCUT2D eigenvalue weighted by Crippen LogP contribution is 2.32. The maximum atomic E-state index is 10.1. The van der Waals surface area contributed by atoms with E-state index in [0.29, 0.717) is 29.5 Å². The van der Waals surface area contributed by atoms with Crippen LogP contribution in [0.25, 0.3) is 11.4 Å². The molecule has 6 N–H and O–H groups in total. The lowest BCUT2D eigenvalue weighted by atomic mass is 10.1. The predicted octanol–water partition coefficient (Wildman–Crippen LogP) is 2.05. The monoisotopic (exact) mass is 397 g/mol. The lowest BCUT2D eigenvalue weighted by Gasteiger charge is -2.22. The second kappa shape index (κ2) is 9.44. The highest BCUT2D eigenvalue weighted by atomic mass is 16.3. The molecule has 0 spiro atoms. The molecule has 3 aromatic rings. The van der Waals surface area contributed by atoms with Crippen molar-refractivity contribution < 1.29 is 10.2 Å². The minimum atomic E-state index is -0.362. The van der Waals surface area contributed by atoms with Crippen LogP contribution in [0.1, 0.15) is 55.9 Å². The first kappa shape index (κ1) is 20.7. The summed E-state index contributed by atoms with van der Waals surface area (Å²) in [5, 5.41) is 19.9. The molecule has 0 fully saturated rings. The Morgan fingerprint density at radius 1 is 0.931 bits per heavy atom. The van der Waals surface area contributed by atoms with Crippen molar-refractivity contribution in [3.8, 4) is 11.4 Å². The smallest absolute Gasteiger partial charge is 0.225 e. The number of aliphatic hydroxyl groups is 2. The molecule has 2 aromatic heterocycles. The summed E-state index contributed by atoms with van der Waals surface area (Å²) < 4.78 is 1.89. The summed E-state index contributed by atoms with van der Waals surface area (Å²) in [4.78, 5) is 17.1. The number of rotatable bonds is 9. The van der Waals surface area contributed by atoms with Gasteiger partial charge in [0.1, 0.15) is 5.82 Å². The molecule has 0 aliphatic heterocycles. The maximum absolute atomic E-state index is 10.1. The molecule has 0 bridgehead atoms. The van der Waals surface area contributed by atoms with Gasteiger partial charge in [-0.1, -0.05) is 56.5 Å². The number of anilines is 2. The second-order valence-electron chi connectivity index (χ2n) is 6.80. The lowest BCUT2D eigenvalue weighted by molar-refractivity contribution is 0.247. The average molecular weight is 397 g/mol. The highest BCUT2D eigenvalue weighted by molar-refractivity contribution is 5.57. The number of benzene rings is 1. The van der Waals surface area contributed by atoms with Gasteiger partial charge in [0.05, 0.1) is 30.6 Å². The molecule has 0 aliphatic rings. The Hall–Kier alpha value is -3.04. The number of unbranched alkanes of at least 4 members (excludes halogenated alkanes) is 2. The van der Waals surface area contributed by atoms with Gasteiger partial charge < -0.3 is 26.2 Å². The molecule has 9 heteroatoms. The van der Waals surface area contributed by atoms with Crippen LogP contribution in [0.15, 0.2) is 30.3 Å². The lowest BCUT2D eigenvalue weighted by Crippen LogP contribution is -2.20. The van der Waals surface area contributed by atoms with Crippen molar-refractivity contribution in [2.45, 2.75) is 51.9 Å². The van der Waals surface area contributed by atoms with Gasteiger partial charge in [-0.3, -0.25) is 0 Å². The minimum Gasteiger partial charge on any atom is -0.390 e. The Bertz CT molecular complexity index is 923. The molecule has 1 aromatic carbocycles. The Balaban J connectivity index is 2.21. The van der Waals surface area contributed by atoms with Crippen molar-refractivity contribution in [2.24, 2.45) is 0 Å². The van der Waals surface area contributed by atoms with Gasteiger partial charge in [-0.05, 0) is 6.42 Å². The number of imidazole rings is 1. The van der Waals surface area contributed by atoms with E-state index in [-0.39, 0.29) is 31.2 Å². The van der Waals surface area contributed by atoms with Crippen LogP contribution in [0.2, 0.25) is 0 Å².